The summed E-state index contributed by atoms with van der Waals surface area (Å²) in [4.78, 5) is 13.4. The number of hydrogen-bond donors (Lipinski definition) is 1. The molecule has 4 atom stereocenters. The Bertz CT molecular complexity index is 1000. The molecular weight excluding hydrogens is 348 g/mol. The second-order valence-electron chi connectivity index (χ2n) is 9.27. The van der Waals surface area contributed by atoms with E-state index in [9.17, 15) is 9.90 Å². The van der Waals surface area contributed by atoms with Crippen LogP contribution in [0.25, 0.3) is 6.08 Å². The van der Waals surface area contributed by atoms with Crippen LogP contribution in [0.15, 0.2) is 30.0 Å². The second-order valence-corrected chi connectivity index (χ2v) is 9.27. The molecule has 3 aliphatic carbocycles. The van der Waals surface area contributed by atoms with E-state index >= 15 is 0 Å². The third kappa shape index (κ3) is 2.43. The monoisotopic (exact) mass is 376 g/mol. The van der Waals surface area contributed by atoms with E-state index in [1.54, 1.807) is 0 Å². The molecule has 4 nitrogen and oxygen atoms in total. The Balaban J connectivity index is 1.50. The van der Waals surface area contributed by atoms with Crippen LogP contribution < -0.4 is 0 Å². The number of aryl methyl sites for hydroxylation is 2. The smallest absolute Gasteiger partial charge is 0.165 e. The number of benzene rings is 1. The first-order chi connectivity index (χ1) is 13.4. The van der Waals surface area contributed by atoms with Gasteiger partial charge in [-0.15, -0.1) is 0 Å². The number of fused-ring (bicyclic) bond motifs is 5. The van der Waals surface area contributed by atoms with Gasteiger partial charge in [-0.3, -0.25) is 9.48 Å². The number of allylic oxidation sites excluding steroid dienone is 1. The standard InChI is InChI=1S/C24H28N2O2/c1-14-17(13-25-26(14)3)10-16-12-22-21-6-4-15-11-18(27)5-7-19(15)20(21)8-9-24(22,2)23(16)28/h5,7,10-11,13,20-22,27H,4,6,8-9,12H2,1-3H3/b16-10-. The maximum Gasteiger partial charge on any atom is 0.165 e. The summed E-state index contributed by atoms with van der Waals surface area (Å²) in [5, 5.41) is 14.2. The van der Waals surface area contributed by atoms with E-state index in [0.717, 1.165) is 48.9 Å². The lowest BCUT2D eigenvalue weighted by Gasteiger charge is -2.48. The number of phenols is 1. The fourth-order valence-electron chi connectivity index (χ4n) is 6.21. The number of nitrogens with zero attached hydrogens (tertiary/aromatic N) is 2. The van der Waals surface area contributed by atoms with Crippen molar-refractivity contribution in [2.75, 3.05) is 0 Å². The summed E-state index contributed by atoms with van der Waals surface area (Å²) in [6.45, 7) is 4.26. The number of aromatic hydroxyl groups is 1. The molecule has 2 aromatic rings. The lowest BCUT2D eigenvalue weighted by molar-refractivity contribution is -0.127. The van der Waals surface area contributed by atoms with Crippen molar-refractivity contribution in [3.05, 3.63) is 52.4 Å². The van der Waals surface area contributed by atoms with Crippen LogP contribution >= 0.6 is 0 Å². The molecule has 1 aromatic heterocycles. The summed E-state index contributed by atoms with van der Waals surface area (Å²) < 4.78 is 1.87. The van der Waals surface area contributed by atoms with Crippen LogP contribution in [0.5, 0.6) is 5.75 Å². The highest BCUT2D eigenvalue weighted by molar-refractivity contribution is 6.06. The number of carbonyl (C=O) groups excluding carboxylic acids is 1. The molecule has 1 N–H and O–H groups in total. The summed E-state index contributed by atoms with van der Waals surface area (Å²) in [7, 11) is 1.94. The van der Waals surface area contributed by atoms with Gasteiger partial charge in [0.15, 0.2) is 5.78 Å². The summed E-state index contributed by atoms with van der Waals surface area (Å²) >= 11 is 0. The molecule has 1 heterocycles. The normalized spacial score (nSPS) is 32.9. The minimum atomic E-state index is -0.225. The Morgan fingerprint density at radius 2 is 2.14 bits per heavy atom. The lowest BCUT2D eigenvalue weighted by atomic mass is 9.55. The Labute approximate surface area is 166 Å². The zero-order chi connectivity index (χ0) is 19.6. The molecule has 2 saturated carbocycles. The number of phenolic OH excluding ortho intramolecular Hbond substituents is 1. The van der Waals surface area contributed by atoms with E-state index < -0.39 is 0 Å². The van der Waals surface area contributed by atoms with Crippen molar-refractivity contribution < 1.29 is 9.90 Å². The molecule has 0 radical (unpaired) electrons. The van der Waals surface area contributed by atoms with Crippen LogP contribution in [-0.4, -0.2) is 20.7 Å². The highest BCUT2D eigenvalue weighted by atomic mass is 16.3. The maximum absolute atomic E-state index is 13.4. The molecule has 0 aliphatic heterocycles. The molecule has 2 fully saturated rings. The Hall–Kier alpha value is -2.36. The van der Waals surface area contributed by atoms with Crippen molar-refractivity contribution in [1.29, 1.82) is 0 Å². The van der Waals surface area contributed by atoms with E-state index in [2.05, 4.69) is 31.1 Å². The first-order valence-electron chi connectivity index (χ1n) is 10.4. The van der Waals surface area contributed by atoms with Gasteiger partial charge in [0.1, 0.15) is 5.75 Å². The van der Waals surface area contributed by atoms with Crippen LogP contribution in [0.3, 0.4) is 0 Å². The first-order valence-corrected chi connectivity index (χ1v) is 10.4. The number of ketones is 1. The highest BCUT2D eigenvalue weighted by Crippen LogP contribution is 2.60. The van der Waals surface area contributed by atoms with Gasteiger partial charge in [0, 0.05) is 23.7 Å². The molecule has 28 heavy (non-hydrogen) atoms. The van der Waals surface area contributed by atoms with Crippen LogP contribution in [0.2, 0.25) is 0 Å². The van der Waals surface area contributed by atoms with Crippen molar-refractivity contribution in [1.82, 2.24) is 9.78 Å². The number of rotatable bonds is 1. The van der Waals surface area contributed by atoms with E-state index in [1.165, 1.54) is 11.1 Å². The highest BCUT2D eigenvalue weighted by Gasteiger charge is 2.56. The van der Waals surface area contributed by atoms with Crippen molar-refractivity contribution >= 4 is 11.9 Å². The van der Waals surface area contributed by atoms with Gasteiger partial charge in [-0.2, -0.15) is 5.10 Å². The van der Waals surface area contributed by atoms with Crippen LogP contribution in [0.1, 0.15) is 60.9 Å². The second kappa shape index (κ2) is 6.07. The number of hydrogen-bond acceptors (Lipinski definition) is 3. The first kappa shape index (κ1) is 17.7. The summed E-state index contributed by atoms with van der Waals surface area (Å²) in [6, 6.07) is 5.89. The zero-order valence-electron chi connectivity index (χ0n) is 16.9. The predicted molar refractivity (Wildman–Crippen MR) is 109 cm³/mol. The quantitative estimate of drug-likeness (QED) is 0.743. The summed E-state index contributed by atoms with van der Waals surface area (Å²) in [5.41, 5.74) is 5.64. The van der Waals surface area contributed by atoms with Crippen molar-refractivity contribution in [2.24, 2.45) is 24.3 Å². The van der Waals surface area contributed by atoms with Crippen LogP contribution in [0, 0.1) is 24.2 Å². The third-order valence-electron chi connectivity index (χ3n) is 7.95. The van der Waals surface area contributed by atoms with E-state index in [4.69, 9.17) is 0 Å². The molecule has 146 valence electrons. The predicted octanol–water partition coefficient (Wildman–Crippen LogP) is 4.55. The molecule has 0 bridgehead atoms. The molecule has 1 aromatic carbocycles. The minimum Gasteiger partial charge on any atom is -0.508 e. The number of aromatic nitrogens is 2. The molecule has 0 saturated heterocycles. The summed E-state index contributed by atoms with van der Waals surface area (Å²) in [6.07, 6.45) is 9.00. The zero-order valence-corrected chi connectivity index (χ0v) is 16.9. The molecule has 0 amide bonds. The lowest BCUT2D eigenvalue weighted by Crippen LogP contribution is -2.42. The number of carbonyl (C=O) groups is 1. The van der Waals surface area contributed by atoms with Gasteiger partial charge in [-0.05, 0) is 91.7 Å². The van der Waals surface area contributed by atoms with Gasteiger partial charge >= 0.3 is 0 Å². The van der Waals surface area contributed by atoms with Gasteiger partial charge in [0.25, 0.3) is 0 Å². The van der Waals surface area contributed by atoms with E-state index in [-0.39, 0.29) is 5.41 Å². The third-order valence-corrected chi connectivity index (χ3v) is 7.95. The van der Waals surface area contributed by atoms with Crippen molar-refractivity contribution in [3.63, 3.8) is 0 Å². The van der Waals surface area contributed by atoms with E-state index in [0.29, 0.717) is 29.3 Å². The largest absolute Gasteiger partial charge is 0.508 e. The summed E-state index contributed by atoms with van der Waals surface area (Å²) in [5.74, 6) is 2.22. The maximum atomic E-state index is 13.4. The molecule has 0 spiro atoms. The van der Waals surface area contributed by atoms with Gasteiger partial charge in [0.05, 0.1) is 6.20 Å². The molecule has 3 aliphatic rings. The van der Waals surface area contributed by atoms with Crippen molar-refractivity contribution in [3.8, 4) is 5.75 Å². The Morgan fingerprint density at radius 1 is 1.32 bits per heavy atom. The molecule has 4 heteroatoms. The molecular formula is C24H28N2O2. The number of Topliss-reactive ketones (excluding diaryl/α,β-unsaturated/α-hetero) is 1. The Morgan fingerprint density at radius 3 is 2.89 bits per heavy atom. The van der Waals surface area contributed by atoms with Gasteiger partial charge < -0.3 is 5.11 Å². The average Bonchev–Trinajstić information content (AvgIpc) is 3.13. The van der Waals surface area contributed by atoms with Crippen LogP contribution in [-0.2, 0) is 18.3 Å². The van der Waals surface area contributed by atoms with Crippen molar-refractivity contribution in [2.45, 2.75) is 51.9 Å². The van der Waals surface area contributed by atoms with E-state index in [1.807, 2.05) is 30.1 Å². The van der Waals surface area contributed by atoms with Gasteiger partial charge in [0.2, 0.25) is 0 Å². The average molecular weight is 377 g/mol. The Kier molecular flexibility index (Phi) is 3.84. The van der Waals surface area contributed by atoms with Crippen LogP contribution in [0.4, 0.5) is 0 Å². The SMILES string of the molecule is Cc1c(/C=C2/CC3C4CCc5cc(O)ccc5C4CCC3(C)C2=O)cnn1C. The molecule has 4 unspecified atom stereocenters. The fraction of sp³-hybridized carbons (Fsp3) is 0.500. The topological polar surface area (TPSA) is 55.1 Å². The minimum absolute atomic E-state index is 0.225. The molecule has 5 rings (SSSR count). The van der Waals surface area contributed by atoms with Gasteiger partial charge in [-0.1, -0.05) is 13.0 Å². The van der Waals surface area contributed by atoms with Gasteiger partial charge in [-0.25, -0.2) is 0 Å². The fourth-order valence-corrected chi connectivity index (χ4v) is 6.21.